The summed E-state index contributed by atoms with van der Waals surface area (Å²) >= 11 is 0. The van der Waals surface area contributed by atoms with E-state index in [-0.39, 0.29) is 17.9 Å². The van der Waals surface area contributed by atoms with Crippen LogP contribution in [-0.2, 0) is 21.4 Å². The Kier molecular flexibility index (Phi) is 4.41. The number of methoxy groups -OCH3 is 1. The van der Waals surface area contributed by atoms with Crippen LogP contribution >= 0.6 is 0 Å². The van der Waals surface area contributed by atoms with E-state index in [4.69, 9.17) is 9.47 Å². The molecule has 0 fully saturated rings. The van der Waals surface area contributed by atoms with Gasteiger partial charge in [0.05, 0.1) is 19.8 Å². The molecular formula is C23H25NO4. The highest BCUT2D eigenvalue weighted by molar-refractivity contribution is 6.03. The van der Waals surface area contributed by atoms with Crippen LogP contribution in [0.1, 0.15) is 53.9 Å². The zero-order valence-electron chi connectivity index (χ0n) is 16.7. The van der Waals surface area contributed by atoms with Crippen molar-refractivity contribution in [1.82, 2.24) is 4.90 Å². The maximum Gasteiger partial charge on any atom is 0.319 e. The van der Waals surface area contributed by atoms with Crippen molar-refractivity contribution in [2.75, 3.05) is 13.7 Å². The van der Waals surface area contributed by atoms with Crippen LogP contribution in [0, 0.1) is 0 Å². The largest absolute Gasteiger partial charge is 0.497 e. The molecule has 0 saturated heterocycles. The molecule has 5 nitrogen and oxygen atoms in total. The molecule has 2 aromatic carbocycles. The van der Waals surface area contributed by atoms with Crippen molar-refractivity contribution < 1.29 is 19.1 Å². The number of hydrogen-bond acceptors (Lipinski definition) is 4. The molecule has 0 unspecified atom stereocenters. The Hall–Kier alpha value is -2.82. The number of carbonyl (C=O) groups is 2. The smallest absolute Gasteiger partial charge is 0.319 e. The summed E-state index contributed by atoms with van der Waals surface area (Å²) in [4.78, 5) is 28.7. The predicted octanol–water partition coefficient (Wildman–Crippen LogP) is 3.66. The summed E-state index contributed by atoms with van der Waals surface area (Å²) in [6, 6.07) is 12.8. The molecule has 0 spiro atoms. The molecule has 28 heavy (non-hydrogen) atoms. The van der Waals surface area contributed by atoms with Crippen LogP contribution in [-0.4, -0.2) is 36.5 Å². The summed E-state index contributed by atoms with van der Waals surface area (Å²) in [6.07, 6.45) is 0.483. The van der Waals surface area contributed by atoms with Crippen molar-refractivity contribution in [2.24, 2.45) is 0 Å². The number of amides is 1. The number of carbonyl (C=O) groups excluding carboxylic acids is 2. The summed E-state index contributed by atoms with van der Waals surface area (Å²) < 4.78 is 11.0. The summed E-state index contributed by atoms with van der Waals surface area (Å²) in [5, 5.41) is 0. The Labute approximate surface area is 165 Å². The number of nitrogens with zero attached hydrogens (tertiary/aromatic N) is 1. The minimum atomic E-state index is -0.945. The fourth-order valence-electron chi connectivity index (χ4n) is 4.82. The summed E-state index contributed by atoms with van der Waals surface area (Å²) in [6.45, 7) is 6.09. The Morgan fingerprint density at radius 2 is 2.00 bits per heavy atom. The summed E-state index contributed by atoms with van der Waals surface area (Å²) in [7, 11) is 1.63. The molecule has 146 valence electrons. The van der Waals surface area contributed by atoms with Crippen LogP contribution in [0.2, 0.25) is 0 Å². The highest BCUT2D eigenvalue weighted by Gasteiger charge is 2.61. The van der Waals surface area contributed by atoms with Crippen molar-refractivity contribution in [3.63, 3.8) is 0 Å². The van der Waals surface area contributed by atoms with E-state index in [1.807, 2.05) is 68.1 Å². The highest BCUT2D eigenvalue weighted by atomic mass is 16.5. The Morgan fingerprint density at radius 1 is 1.25 bits per heavy atom. The Bertz CT molecular complexity index is 951. The molecular weight excluding hydrogens is 354 g/mol. The second-order valence-electron chi connectivity index (χ2n) is 7.69. The van der Waals surface area contributed by atoms with Crippen LogP contribution in [0.25, 0.3) is 0 Å². The first-order chi connectivity index (χ1) is 13.5. The molecule has 2 aliphatic rings. The van der Waals surface area contributed by atoms with Gasteiger partial charge in [0, 0.05) is 11.6 Å². The van der Waals surface area contributed by atoms with Crippen LogP contribution in [0.5, 0.6) is 5.75 Å². The highest BCUT2D eigenvalue weighted by Crippen LogP contribution is 2.56. The van der Waals surface area contributed by atoms with Gasteiger partial charge in [-0.05, 0) is 62.1 Å². The van der Waals surface area contributed by atoms with Crippen LogP contribution in [0.4, 0.5) is 0 Å². The number of hydrogen-bond donors (Lipinski definition) is 0. The minimum absolute atomic E-state index is 0.0424. The van der Waals surface area contributed by atoms with Crippen molar-refractivity contribution >= 4 is 11.9 Å². The standard InChI is InChI=1S/C23H25NO4/c1-5-28-22(26)23-13-15-12-16(27-4)10-11-17(15)20(23)24(14(2)3)21(25)18-8-6-7-9-19(18)23/h6-12,14,20H,5,13H2,1-4H3/t20-,23+/m1/s1. The molecule has 5 heteroatoms. The maximum absolute atomic E-state index is 13.5. The molecule has 2 atom stereocenters. The number of benzene rings is 2. The van der Waals surface area contributed by atoms with Gasteiger partial charge in [-0.3, -0.25) is 9.59 Å². The summed E-state index contributed by atoms with van der Waals surface area (Å²) in [5.41, 5.74) is 2.41. The number of ether oxygens (including phenoxy) is 2. The second kappa shape index (κ2) is 6.66. The van der Waals surface area contributed by atoms with Crippen LogP contribution < -0.4 is 4.74 Å². The van der Waals surface area contributed by atoms with Gasteiger partial charge in [0.15, 0.2) is 0 Å². The van der Waals surface area contributed by atoms with Crippen molar-refractivity contribution in [3.05, 3.63) is 64.7 Å². The second-order valence-corrected chi connectivity index (χ2v) is 7.69. The van der Waals surface area contributed by atoms with E-state index in [1.54, 1.807) is 7.11 Å². The van der Waals surface area contributed by atoms with Crippen molar-refractivity contribution in [3.8, 4) is 5.75 Å². The van der Waals surface area contributed by atoms with Gasteiger partial charge in [0.2, 0.25) is 0 Å². The van der Waals surface area contributed by atoms with E-state index in [0.29, 0.717) is 18.6 Å². The van der Waals surface area contributed by atoms with E-state index in [2.05, 4.69) is 0 Å². The molecule has 1 heterocycles. The fraction of sp³-hybridized carbons (Fsp3) is 0.391. The summed E-state index contributed by atoms with van der Waals surface area (Å²) in [5.74, 6) is 0.423. The Balaban J connectivity index is 2.03. The maximum atomic E-state index is 13.5. The van der Waals surface area contributed by atoms with E-state index >= 15 is 0 Å². The minimum Gasteiger partial charge on any atom is -0.497 e. The van der Waals surface area contributed by atoms with E-state index in [0.717, 1.165) is 22.4 Å². The molecule has 0 N–H and O–H groups in total. The molecule has 0 radical (unpaired) electrons. The lowest BCUT2D eigenvalue weighted by molar-refractivity contribution is -0.153. The first-order valence-corrected chi connectivity index (χ1v) is 9.72. The van der Waals surface area contributed by atoms with Crippen molar-refractivity contribution in [1.29, 1.82) is 0 Å². The van der Waals surface area contributed by atoms with Gasteiger partial charge in [-0.15, -0.1) is 0 Å². The molecule has 1 aliphatic carbocycles. The first-order valence-electron chi connectivity index (χ1n) is 9.72. The zero-order valence-corrected chi connectivity index (χ0v) is 16.7. The van der Waals surface area contributed by atoms with Gasteiger partial charge in [-0.2, -0.15) is 0 Å². The Morgan fingerprint density at radius 3 is 2.68 bits per heavy atom. The normalized spacial score (nSPS) is 22.5. The molecule has 1 amide bonds. The van der Waals surface area contributed by atoms with Gasteiger partial charge < -0.3 is 14.4 Å². The monoisotopic (exact) mass is 379 g/mol. The fourth-order valence-corrected chi connectivity index (χ4v) is 4.82. The van der Waals surface area contributed by atoms with Gasteiger partial charge in [-0.1, -0.05) is 24.3 Å². The third-order valence-corrected chi connectivity index (χ3v) is 5.93. The van der Waals surface area contributed by atoms with Gasteiger partial charge in [0.1, 0.15) is 11.2 Å². The molecule has 0 aromatic heterocycles. The number of esters is 1. The first kappa shape index (κ1) is 18.5. The third-order valence-electron chi connectivity index (χ3n) is 5.93. The van der Waals surface area contributed by atoms with E-state index in [9.17, 15) is 9.59 Å². The topological polar surface area (TPSA) is 55.8 Å². The zero-order chi connectivity index (χ0) is 20.1. The van der Waals surface area contributed by atoms with E-state index < -0.39 is 11.5 Å². The van der Waals surface area contributed by atoms with Gasteiger partial charge in [0.25, 0.3) is 5.91 Å². The van der Waals surface area contributed by atoms with Crippen LogP contribution in [0.3, 0.4) is 0 Å². The van der Waals surface area contributed by atoms with Crippen molar-refractivity contribution in [2.45, 2.75) is 44.7 Å². The van der Waals surface area contributed by atoms with Gasteiger partial charge >= 0.3 is 5.97 Å². The number of fused-ring (bicyclic) bond motifs is 5. The molecule has 2 aromatic rings. The predicted molar refractivity (Wildman–Crippen MR) is 105 cm³/mol. The third kappa shape index (κ3) is 2.38. The molecule has 4 rings (SSSR count). The van der Waals surface area contributed by atoms with Crippen LogP contribution in [0.15, 0.2) is 42.5 Å². The SMILES string of the molecule is CCOC(=O)[C@]12Cc3cc(OC)ccc3[C@H]1N(C(C)C)C(=O)c1ccccc12. The van der Waals surface area contributed by atoms with E-state index in [1.165, 1.54) is 0 Å². The molecule has 0 saturated carbocycles. The lowest BCUT2D eigenvalue weighted by atomic mass is 9.69. The lowest BCUT2D eigenvalue weighted by Crippen LogP contribution is -2.56. The lowest BCUT2D eigenvalue weighted by Gasteiger charge is -2.47. The number of rotatable bonds is 4. The van der Waals surface area contributed by atoms with Gasteiger partial charge in [-0.25, -0.2) is 0 Å². The average molecular weight is 379 g/mol. The molecule has 1 aliphatic heterocycles. The molecule has 0 bridgehead atoms. The average Bonchev–Trinajstić information content (AvgIpc) is 3.03. The quantitative estimate of drug-likeness (QED) is 0.761.